The molecule has 0 radical (unpaired) electrons. The number of hydrogen-bond donors (Lipinski definition) is 0. The van der Waals surface area contributed by atoms with Crippen LogP contribution in [0.3, 0.4) is 0 Å². The molecule has 204 valence electrons. The van der Waals surface area contributed by atoms with E-state index >= 15 is 0 Å². The third-order valence-electron chi connectivity index (χ3n) is 7.31. The van der Waals surface area contributed by atoms with Gasteiger partial charge in [-0.2, -0.15) is 0 Å². The van der Waals surface area contributed by atoms with Gasteiger partial charge in [-0.25, -0.2) is 19.9 Å². The molecule has 5 heterocycles. The Morgan fingerprint density at radius 2 is 1.25 bits per heavy atom. The van der Waals surface area contributed by atoms with Crippen LogP contribution in [-0.4, -0.2) is 47.4 Å². The number of nitrogens with zero attached hydrogens (tertiary/aromatic N) is 6. The molecular formula is C28H28BClN6O2S2. The van der Waals surface area contributed by atoms with Crippen LogP contribution in [0.15, 0.2) is 61.2 Å². The van der Waals surface area contributed by atoms with Crippen molar-refractivity contribution in [3.8, 4) is 21.7 Å². The lowest BCUT2D eigenvalue weighted by Gasteiger charge is -2.32. The molecule has 0 unspecified atom stereocenters. The first-order valence-corrected chi connectivity index (χ1v) is 14.8. The number of aromatic nitrogens is 6. The zero-order valence-corrected chi connectivity index (χ0v) is 25.4. The Kier molecular flexibility index (Phi) is 6.83. The van der Waals surface area contributed by atoms with Crippen LogP contribution in [0, 0.1) is 0 Å². The molecule has 1 saturated heterocycles. The van der Waals surface area contributed by atoms with Gasteiger partial charge in [0.25, 0.3) is 0 Å². The SMILES string of the molecule is Cn1ccnc1-c1nc2cc(B3OC(C)(C)C(C)(C)O3)ccc2s1.Cn1ccnc1-c1nc2cc(Cl)ccc2s1. The minimum atomic E-state index is -0.363. The van der Waals surface area contributed by atoms with Crippen LogP contribution < -0.4 is 5.46 Å². The van der Waals surface area contributed by atoms with E-state index < -0.39 is 0 Å². The fourth-order valence-electron chi connectivity index (χ4n) is 4.31. The second kappa shape index (κ2) is 10.1. The van der Waals surface area contributed by atoms with Crippen molar-refractivity contribution in [3.63, 3.8) is 0 Å². The first-order chi connectivity index (χ1) is 19.0. The van der Waals surface area contributed by atoms with Gasteiger partial charge in [-0.05, 0) is 63.5 Å². The summed E-state index contributed by atoms with van der Waals surface area (Å²) in [4.78, 5) is 17.9. The summed E-state index contributed by atoms with van der Waals surface area (Å²) < 4.78 is 18.5. The van der Waals surface area contributed by atoms with E-state index in [2.05, 4.69) is 60.8 Å². The second-order valence-corrected chi connectivity index (χ2v) is 13.2. The number of thiazole rings is 2. The van der Waals surface area contributed by atoms with Crippen molar-refractivity contribution >= 4 is 67.3 Å². The molecule has 12 heteroatoms. The van der Waals surface area contributed by atoms with Crippen molar-refractivity contribution in [2.45, 2.75) is 38.9 Å². The fraction of sp³-hybridized carbons (Fsp3) is 0.286. The average molecular weight is 591 g/mol. The lowest BCUT2D eigenvalue weighted by molar-refractivity contribution is 0.00578. The smallest absolute Gasteiger partial charge is 0.399 e. The summed E-state index contributed by atoms with van der Waals surface area (Å²) in [7, 11) is 3.57. The summed E-state index contributed by atoms with van der Waals surface area (Å²) >= 11 is 9.20. The number of benzene rings is 2. The quantitative estimate of drug-likeness (QED) is 0.224. The van der Waals surface area contributed by atoms with E-state index in [0.717, 1.165) is 47.6 Å². The standard InChI is InChI=1S/C17H20BN3O2S.C11H8ClN3S/c1-16(2)17(3,4)23-18(22-16)11-6-7-13-12(10-11)20-15(24-13)14-19-8-9-21(14)5;1-15-5-4-13-10(15)11-14-8-6-7(12)2-3-9(8)16-11/h6-10H,1-5H3;2-6H,1H3. The minimum absolute atomic E-state index is 0.340. The molecule has 0 atom stereocenters. The highest BCUT2D eigenvalue weighted by atomic mass is 35.5. The first-order valence-electron chi connectivity index (χ1n) is 12.8. The largest absolute Gasteiger partial charge is 0.494 e. The maximum atomic E-state index is 6.13. The Hall–Kier alpha value is -3.09. The highest BCUT2D eigenvalue weighted by Crippen LogP contribution is 2.37. The monoisotopic (exact) mass is 590 g/mol. The van der Waals surface area contributed by atoms with Crippen molar-refractivity contribution in [2.24, 2.45) is 14.1 Å². The van der Waals surface area contributed by atoms with Crippen molar-refractivity contribution in [1.29, 1.82) is 0 Å². The number of hydrogen-bond acceptors (Lipinski definition) is 8. The lowest BCUT2D eigenvalue weighted by Crippen LogP contribution is -2.41. The van der Waals surface area contributed by atoms with E-state index in [4.69, 9.17) is 25.9 Å². The molecule has 0 bridgehead atoms. The molecule has 40 heavy (non-hydrogen) atoms. The van der Waals surface area contributed by atoms with Gasteiger partial charge in [0.2, 0.25) is 0 Å². The Morgan fingerprint density at radius 3 is 1.75 bits per heavy atom. The normalized spacial score (nSPS) is 16.0. The van der Waals surface area contributed by atoms with Crippen LogP contribution in [0.1, 0.15) is 27.7 Å². The number of aryl methyl sites for hydroxylation is 2. The maximum Gasteiger partial charge on any atom is 0.494 e. The van der Waals surface area contributed by atoms with Gasteiger partial charge in [0, 0.05) is 43.9 Å². The van der Waals surface area contributed by atoms with E-state index in [1.807, 2.05) is 53.8 Å². The summed E-state index contributed by atoms with van der Waals surface area (Å²) in [6, 6.07) is 11.9. The van der Waals surface area contributed by atoms with E-state index in [0.29, 0.717) is 5.02 Å². The second-order valence-electron chi connectivity index (χ2n) is 10.7. The van der Waals surface area contributed by atoms with Crippen LogP contribution in [0.25, 0.3) is 42.1 Å². The Bertz CT molecular complexity index is 1820. The van der Waals surface area contributed by atoms with Gasteiger partial charge in [0.1, 0.15) is 0 Å². The van der Waals surface area contributed by atoms with Gasteiger partial charge >= 0.3 is 7.12 Å². The van der Waals surface area contributed by atoms with Crippen LogP contribution in [-0.2, 0) is 23.4 Å². The van der Waals surface area contributed by atoms with Crippen molar-refractivity contribution in [1.82, 2.24) is 29.1 Å². The van der Waals surface area contributed by atoms with E-state index in [1.165, 1.54) is 0 Å². The van der Waals surface area contributed by atoms with Crippen molar-refractivity contribution < 1.29 is 9.31 Å². The average Bonchev–Trinajstić information content (AvgIpc) is 3.70. The van der Waals surface area contributed by atoms with Gasteiger partial charge < -0.3 is 18.4 Å². The highest BCUT2D eigenvalue weighted by Gasteiger charge is 2.51. The molecule has 0 amide bonds. The third-order valence-corrected chi connectivity index (χ3v) is 9.61. The number of imidazole rings is 2. The summed E-state index contributed by atoms with van der Waals surface area (Å²) in [5.41, 5.74) is 2.19. The molecule has 1 aliphatic heterocycles. The number of halogens is 1. The lowest BCUT2D eigenvalue weighted by atomic mass is 9.79. The molecule has 0 N–H and O–H groups in total. The molecule has 1 aliphatic rings. The molecule has 0 spiro atoms. The van der Waals surface area contributed by atoms with E-state index in [1.54, 1.807) is 35.1 Å². The molecular weight excluding hydrogens is 563 g/mol. The molecule has 2 aromatic carbocycles. The summed E-state index contributed by atoms with van der Waals surface area (Å²) in [5, 5.41) is 2.55. The first kappa shape index (κ1) is 27.1. The number of rotatable bonds is 3. The number of fused-ring (bicyclic) bond motifs is 2. The Balaban J connectivity index is 0.000000157. The van der Waals surface area contributed by atoms with Crippen LogP contribution in [0.5, 0.6) is 0 Å². The summed E-state index contributed by atoms with van der Waals surface area (Å²) in [5.74, 6) is 1.77. The highest BCUT2D eigenvalue weighted by molar-refractivity contribution is 7.22. The van der Waals surface area contributed by atoms with Gasteiger partial charge in [-0.15, -0.1) is 22.7 Å². The Labute approximate surface area is 245 Å². The summed E-state index contributed by atoms with van der Waals surface area (Å²) in [6.45, 7) is 8.25. The third kappa shape index (κ3) is 4.97. The van der Waals surface area contributed by atoms with Crippen LogP contribution in [0.4, 0.5) is 0 Å². The molecule has 0 aliphatic carbocycles. The predicted octanol–water partition coefficient (Wildman–Crippen LogP) is 6.35. The van der Waals surface area contributed by atoms with Crippen molar-refractivity contribution in [2.75, 3.05) is 0 Å². The molecule has 6 aromatic rings. The van der Waals surface area contributed by atoms with Gasteiger partial charge in [-0.1, -0.05) is 17.7 Å². The topological polar surface area (TPSA) is 79.9 Å². The van der Waals surface area contributed by atoms with E-state index in [-0.39, 0.29) is 18.3 Å². The maximum absolute atomic E-state index is 6.13. The molecule has 0 saturated carbocycles. The van der Waals surface area contributed by atoms with Crippen LogP contribution in [0.2, 0.25) is 5.02 Å². The molecule has 8 nitrogen and oxygen atoms in total. The van der Waals surface area contributed by atoms with Gasteiger partial charge in [-0.3, -0.25) is 0 Å². The zero-order chi connectivity index (χ0) is 28.2. The summed E-state index contributed by atoms with van der Waals surface area (Å²) in [6.07, 6.45) is 7.40. The van der Waals surface area contributed by atoms with Gasteiger partial charge in [0.15, 0.2) is 21.7 Å². The fourth-order valence-corrected chi connectivity index (χ4v) is 6.44. The van der Waals surface area contributed by atoms with E-state index in [9.17, 15) is 0 Å². The predicted molar refractivity (Wildman–Crippen MR) is 164 cm³/mol. The molecule has 1 fully saturated rings. The van der Waals surface area contributed by atoms with Crippen molar-refractivity contribution in [3.05, 3.63) is 66.2 Å². The van der Waals surface area contributed by atoms with Gasteiger partial charge in [0.05, 0.1) is 31.6 Å². The molecule has 4 aromatic heterocycles. The zero-order valence-electron chi connectivity index (χ0n) is 23.0. The Morgan fingerprint density at radius 1 is 0.750 bits per heavy atom. The minimum Gasteiger partial charge on any atom is -0.399 e. The molecule has 7 rings (SSSR count). The van der Waals surface area contributed by atoms with Crippen LogP contribution >= 0.6 is 34.3 Å².